The number of hydrogen-bond donors (Lipinski definition) is 0. The van der Waals surface area contributed by atoms with Gasteiger partial charge in [-0.25, -0.2) is 4.39 Å². The lowest BCUT2D eigenvalue weighted by Gasteiger charge is -2.03. The van der Waals surface area contributed by atoms with E-state index < -0.39 is 0 Å². The zero-order valence-electron chi connectivity index (χ0n) is 12.9. The fourth-order valence-corrected chi connectivity index (χ4v) is 3.02. The Morgan fingerprint density at radius 3 is 2.88 bits per heavy atom. The number of carbonyl (C=O) groups excluding carboxylic acids is 1. The van der Waals surface area contributed by atoms with Crippen LogP contribution in [0.4, 0.5) is 4.39 Å². The molecule has 0 bridgehead atoms. The Morgan fingerprint density at radius 1 is 1.12 bits per heavy atom. The monoisotopic (exact) mass is 322 g/mol. The van der Waals surface area contributed by atoms with E-state index in [1.54, 1.807) is 12.1 Å². The number of halogens is 1. The third-order valence-corrected chi connectivity index (χ3v) is 4.24. The predicted octanol–water partition coefficient (Wildman–Crippen LogP) is 2.85. The summed E-state index contributed by atoms with van der Waals surface area (Å²) in [6.07, 6.45) is 3.27. The molecule has 1 aliphatic carbocycles. The van der Waals surface area contributed by atoms with Crippen molar-refractivity contribution in [2.24, 2.45) is 0 Å². The minimum Gasteiger partial charge on any atom is -0.292 e. The number of hydrogen-bond acceptors (Lipinski definition) is 4. The molecule has 1 aromatic heterocycles. The predicted molar refractivity (Wildman–Crippen MR) is 86.0 cm³/mol. The molecule has 0 unspecified atom stereocenters. The van der Waals surface area contributed by atoms with E-state index in [9.17, 15) is 9.18 Å². The first kappa shape index (κ1) is 14.7. The van der Waals surface area contributed by atoms with Gasteiger partial charge in [-0.1, -0.05) is 24.3 Å². The zero-order chi connectivity index (χ0) is 16.5. The fourth-order valence-electron chi connectivity index (χ4n) is 3.02. The van der Waals surface area contributed by atoms with Crippen LogP contribution in [0.25, 0.3) is 11.4 Å². The number of fused-ring (bicyclic) bond motifs is 1. The summed E-state index contributed by atoms with van der Waals surface area (Å²) in [5.41, 5.74) is 3.79. The van der Waals surface area contributed by atoms with Crippen molar-refractivity contribution in [2.45, 2.75) is 25.8 Å². The molecule has 4 rings (SSSR count). The van der Waals surface area contributed by atoms with Crippen molar-refractivity contribution < 1.29 is 9.18 Å². The minimum atomic E-state index is -0.363. The van der Waals surface area contributed by atoms with Crippen molar-refractivity contribution in [3.8, 4) is 11.4 Å². The van der Waals surface area contributed by atoms with Gasteiger partial charge in [0.1, 0.15) is 12.4 Å². The number of aromatic nitrogens is 4. The smallest absolute Gasteiger partial charge is 0.205 e. The highest BCUT2D eigenvalue weighted by atomic mass is 19.1. The van der Waals surface area contributed by atoms with Crippen molar-refractivity contribution in [2.75, 3.05) is 0 Å². The molecule has 0 N–H and O–H groups in total. The fraction of sp³-hybridized carbons (Fsp3) is 0.222. The van der Waals surface area contributed by atoms with Crippen molar-refractivity contribution in [1.82, 2.24) is 20.2 Å². The Labute approximate surface area is 138 Å². The summed E-state index contributed by atoms with van der Waals surface area (Å²) < 4.78 is 13.3. The van der Waals surface area contributed by atoms with E-state index in [1.807, 2.05) is 18.2 Å². The first-order valence-corrected chi connectivity index (χ1v) is 7.88. The zero-order valence-corrected chi connectivity index (χ0v) is 12.9. The van der Waals surface area contributed by atoms with Crippen LogP contribution in [0.15, 0.2) is 42.5 Å². The molecule has 6 heteroatoms. The molecule has 0 amide bonds. The molecule has 0 atom stereocenters. The van der Waals surface area contributed by atoms with Crippen LogP contribution in [0.3, 0.4) is 0 Å². The molecule has 3 aromatic rings. The third-order valence-electron chi connectivity index (χ3n) is 4.24. The molecule has 0 fully saturated rings. The van der Waals surface area contributed by atoms with Gasteiger partial charge in [-0.2, -0.15) is 4.80 Å². The third kappa shape index (κ3) is 2.82. The number of aryl methyl sites for hydroxylation is 2. The largest absolute Gasteiger partial charge is 0.292 e. The highest BCUT2D eigenvalue weighted by Crippen LogP contribution is 2.23. The SMILES string of the molecule is O=C(Cn1nnc(-c2cccc(F)c2)n1)c1ccc2c(c1)CCC2. The topological polar surface area (TPSA) is 60.7 Å². The quantitative estimate of drug-likeness (QED) is 0.693. The lowest BCUT2D eigenvalue weighted by Crippen LogP contribution is -2.13. The molecule has 1 aliphatic rings. The van der Waals surface area contributed by atoms with E-state index in [0.29, 0.717) is 17.0 Å². The Hall–Kier alpha value is -2.89. The molecule has 0 saturated carbocycles. The number of ketones is 1. The summed E-state index contributed by atoms with van der Waals surface area (Å²) in [7, 11) is 0. The summed E-state index contributed by atoms with van der Waals surface area (Å²) in [6, 6.07) is 11.8. The van der Waals surface area contributed by atoms with E-state index >= 15 is 0 Å². The highest BCUT2D eigenvalue weighted by molar-refractivity contribution is 5.96. The van der Waals surface area contributed by atoms with E-state index in [4.69, 9.17) is 0 Å². The molecular weight excluding hydrogens is 307 g/mol. The molecule has 0 saturated heterocycles. The van der Waals surface area contributed by atoms with Gasteiger partial charge >= 0.3 is 0 Å². The molecule has 1 heterocycles. The van der Waals surface area contributed by atoms with Crippen molar-refractivity contribution in [3.63, 3.8) is 0 Å². The van der Waals surface area contributed by atoms with Crippen LogP contribution in [0.2, 0.25) is 0 Å². The van der Waals surface area contributed by atoms with Crippen molar-refractivity contribution >= 4 is 5.78 Å². The van der Waals surface area contributed by atoms with Gasteiger partial charge in [-0.3, -0.25) is 4.79 Å². The summed E-state index contributed by atoms with van der Waals surface area (Å²) >= 11 is 0. The van der Waals surface area contributed by atoms with Gasteiger partial charge in [-0.05, 0) is 53.8 Å². The van der Waals surface area contributed by atoms with Crippen molar-refractivity contribution in [1.29, 1.82) is 0 Å². The summed E-state index contributed by atoms with van der Waals surface area (Å²) in [6.45, 7) is 0.0150. The molecular formula is C18H15FN4O. The van der Waals surface area contributed by atoms with Crippen LogP contribution in [-0.2, 0) is 19.4 Å². The van der Waals surface area contributed by atoms with Gasteiger partial charge in [0.05, 0.1) is 0 Å². The van der Waals surface area contributed by atoms with Gasteiger partial charge in [-0.15, -0.1) is 10.2 Å². The second-order valence-electron chi connectivity index (χ2n) is 5.91. The molecule has 0 radical (unpaired) electrons. The lowest BCUT2D eigenvalue weighted by molar-refractivity contribution is 0.0961. The average molecular weight is 322 g/mol. The van der Waals surface area contributed by atoms with Gasteiger partial charge in [0.15, 0.2) is 5.78 Å². The van der Waals surface area contributed by atoms with Gasteiger partial charge in [0.2, 0.25) is 5.82 Å². The van der Waals surface area contributed by atoms with E-state index in [2.05, 4.69) is 15.4 Å². The second-order valence-corrected chi connectivity index (χ2v) is 5.91. The van der Waals surface area contributed by atoms with E-state index in [0.717, 1.165) is 19.3 Å². The molecule has 120 valence electrons. The maximum absolute atomic E-state index is 13.3. The molecule has 0 aliphatic heterocycles. The molecule has 5 nitrogen and oxygen atoms in total. The minimum absolute atomic E-state index is 0.0150. The molecule has 0 spiro atoms. The van der Waals surface area contributed by atoms with Crippen LogP contribution < -0.4 is 0 Å². The number of Topliss-reactive ketones (excluding diaryl/α,β-unsaturated/α-hetero) is 1. The standard InChI is InChI=1S/C18H15FN4O/c19-16-6-2-5-15(10-16)18-20-22-23(21-18)11-17(24)14-8-7-12-3-1-4-13(12)9-14/h2,5-10H,1,3-4,11H2. The Balaban J connectivity index is 1.52. The van der Waals surface area contributed by atoms with Gasteiger partial charge in [0, 0.05) is 11.1 Å². The Bertz CT molecular complexity index is 919. The van der Waals surface area contributed by atoms with Crippen molar-refractivity contribution in [3.05, 3.63) is 65.0 Å². The van der Waals surface area contributed by atoms with E-state index in [1.165, 1.54) is 28.1 Å². The lowest BCUT2D eigenvalue weighted by atomic mass is 10.0. The molecule has 24 heavy (non-hydrogen) atoms. The average Bonchev–Trinajstić information content (AvgIpc) is 3.23. The number of tetrazole rings is 1. The maximum atomic E-state index is 13.3. The number of benzene rings is 2. The highest BCUT2D eigenvalue weighted by Gasteiger charge is 2.15. The number of rotatable bonds is 4. The first-order chi connectivity index (χ1) is 11.7. The Kier molecular flexibility index (Phi) is 3.65. The normalized spacial score (nSPS) is 13.0. The molecule has 2 aromatic carbocycles. The van der Waals surface area contributed by atoms with Crippen LogP contribution in [0, 0.1) is 5.82 Å². The van der Waals surface area contributed by atoms with E-state index in [-0.39, 0.29) is 18.1 Å². The summed E-state index contributed by atoms with van der Waals surface area (Å²) in [4.78, 5) is 13.7. The summed E-state index contributed by atoms with van der Waals surface area (Å²) in [5.74, 6) is -0.123. The van der Waals surface area contributed by atoms with Crippen LogP contribution in [0.1, 0.15) is 27.9 Å². The number of carbonyl (C=O) groups is 1. The van der Waals surface area contributed by atoms with Gasteiger partial charge < -0.3 is 0 Å². The second kappa shape index (κ2) is 5.96. The Morgan fingerprint density at radius 2 is 2.00 bits per heavy atom. The van der Waals surface area contributed by atoms with Gasteiger partial charge in [0.25, 0.3) is 0 Å². The first-order valence-electron chi connectivity index (χ1n) is 7.88. The number of nitrogens with zero attached hydrogens (tertiary/aromatic N) is 4. The summed E-state index contributed by atoms with van der Waals surface area (Å²) in [5, 5.41) is 12.0. The van der Waals surface area contributed by atoms with Crippen LogP contribution in [-0.4, -0.2) is 26.0 Å². The van der Waals surface area contributed by atoms with Crippen LogP contribution >= 0.6 is 0 Å². The maximum Gasteiger partial charge on any atom is 0.205 e. The van der Waals surface area contributed by atoms with Crippen LogP contribution in [0.5, 0.6) is 0 Å².